The van der Waals surface area contributed by atoms with E-state index in [4.69, 9.17) is 10.1 Å². The van der Waals surface area contributed by atoms with E-state index in [9.17, 15) is 9.90 Å². The van der Waals surface area contributed by atoms with Crippen molar-refractivity contribution in [2.24, 2.45) is 5.92 Å². The Morgan fingerprint density at radius 3 is 2.12 bits per heavy atom. The third-order valence-corrected chi connectivity index (χ3v) is 6.80. The molecule has 3 rings (SSSR count). The molecule has 0 saturated carbocycles. The lowest BCUT2D eigenvalue weighted by atomic mass is 9.78. The van der Waals surface area contributed by atoms with Crippen molar-refractivity contribution >= 4 is 11.6 Å². The second kappa shape index (κ2) is 9.91. The summed E-state index contributed by atoms with van der Waals surface area (Å²) in [6, 6.07) is 13.8. The Labute approximate surface area is 204 Å². The van der Waals surface area contributed by atoms with Crippen molar-refractivity contribution < 1.29 is 14.6 Å². The molecule has 2 N–H and O–H groups in total. The van der Waals surface area contributed by atoms with Crippen LogP contribution in [0.4, 0.5) is 0 Å². The molecular formula is C29H40N2O3. The van der Waals surface area contributed by atoms with Crippen LogP contribution in [-0.4, -0.2) is 48.4 Å². The highest BCUT2D eigenvalue weighted by Gasteiger charge is 2.39. The molecule has 5 nitrogen and oxygen atoms in total. The standard InChI is InChI=1S/C29H40N2O3/c1-28(2,3)22-15-21(16-23(26(22)33)29(4,5)6)24(32)18-31-17-20(13-14-34-7)25(27(31)30)19-11-9-8-10-12-19/h8-12,15-16,20,25,30,33H,13-14,17-18H2,1-7H3/t20-,25+/m0/s1. The fourth-order valence-electron chi connectivity index (χ4n) is 4.88. The number of phenolic OH excluding ortho intramolecular Hbond substituents is 1. The summed E-state index contributed by atoms with van der Waals surface area (Å²) < 4.78 is 5.33. The molecule has 1 fully saturated rings. The van der Waals surface area contributed by atoms with E-state index >= 15 is 0 Å². The average Bonchev–Trinajstić information content (AvgIpc) is 3.06. The predicted molar refractivity (Wildman–Crippen MR) is 138 cm³/mol. The largest absolute Gasteiger partial charge is 0.507 e. The molecule has 0 aliphatic carbocycles. The Kier molecular flexibility index (Phi) is 7.56. The highest BCUT2D eigenvalue weighted by molar-refractivity contribution is 6.01. The highest BCUT2D eigenvalue weighted by Crippen LogP contribution is 2.40. The molecule has 0 amide bonds. The molecule has 2 aromatic rings. The van der Waals surface area contributed by atoms with Crippen LogP contribution in [0.1, 0.15) is 80.9 Å². The number of hydrogen-bond acceptors (Lipinski definition) is 4. The SMILES string of the molecule is COCC[C@H]1CN(CC(=O)c2cc(C(C)(C)C)c(O)c(C(C)(C)C)c2)C(=N)[C@@H]1c1ccccc1. The first kappa shape index (κ1) is 26.0. The van der Waals surface area contributed by atoms with Gasteiger partial charge in [-0.05, 0) is 40.9 Å². The molecule has 34 heavy (non-hydrogen) atoms. The summed E-state index contributed by atoms with van der Waals surface area (Å²) >= 11 is 0. The molecule has 1 saturated heterocycles. The first-order valence-electron chi connectivity index (χ1n) is 12.1. The topological polar surface area (TPSA) is 73.6 Å². The number of nitrogens with zero attached hydrogens (tertiary/aromatic N) is 1. The van der Waals surface area contributed by atoms with Crippen molar-refractivity contribution in [2.75, 3.05) is 26.8 Å². The maximum absolute atomic E-state index is 13.5. The molecule has 1 aliphatic heterocycles. The number of nitrogens with one attached hydrogen (secondary N) is 1. The van der Waals surface area contributed by atoms with E-state index < -0.39 is 0 Å². The fourth-order valence-corrected chi connectivity index (χ4v) is 4.88. The normalized spacial score (nSPS) is 19.0. The highest BCUT2D eigenvalue weighted by atomic mass is 16.5. The van der Waals surface area contributed by atoms with Gasteiger partial charge in [-0.1, -0.05) is 71.9 Å². The van der Waals surface area contributed by atoms with Gasteiger partial charge >= 0.3 is 0 Å². The second-order valence-electron chi connectivity index (χ2n) is 11.5. The number of Topliss-reactive ketones (excluding diaryl/α,β-unsaturated/α-hetero) is 1. The number of ether oxygens (including phenoxy) is 1. The van der Waals surface area contributed by atoms with Crippen LogP contribution in [0.25, 0.3) is 0 Å². The minimum absolute atomic E-state index is 0.0278. The van der Waals surface area contributed by atoms with Crippen molar-refractivity contribution in [3.63, 3.8) is 0 Å². The molecule has 2 aromatic carbocycles. The minimum Gasteiger partial charge on any atom is -0.507 e. The fraction of sp³-hybridized carbons (Fsp3) is 0.517. The molecule has 0 radical (unpaired) electrons. The molecule has 5 heteroatoms. The lowest BCUT2D eigenvalue weighted by Gasteiger charge is -2.28. The molecule has 1 aliphatic rings. The van der Waals surface area contributed by atoms with Crippen LogP contribution in [0.3, 0.4) is 0 Å². The maximum atomic E-state index is 13.5. The van der Waals surface area contributed by atoms with Crippen LogP contribution < -0.4 is 0 Å². The van der Waals surface area contributed by atoms with Crippen molar-refractivity contribution in [1.82, 2.24) is 4.90 Å². The Morgan fingerprint density at radius 2 is 1.62 bits per heavy atom. The lowest BCUT2D eigenvalue weighted by molar-refractivity contribution is 0.0961. The van der Waals surface area contributed by atoms with E-state index in [1.807, 2.05) is 76.8 Å². The number of methoxy groups -OCH3 is 1. The van der Waals surface area contributed by atoms with Crippen LogP contribution in [0.2, 0.25) is 0 Å². The summed E-state index contributed by atoms with van der Waals surface area (Å²) in [5.74, 6) is 0.915. The van der Waals surface area contributed by atoms with Gasteiger partial charge < -0.3 is 14.7 Å². The Bertz CT molecular complexity index is 997. The van der Waals surface area contributed by atoms with Crippen LogP contribution in [0, 0.1) is 11.3 Å². The Balaban J connectivity index is 1.92. The summed E-state index contributed by atoms with van der Waals surface area (Å²) in [6.45, 7) is 13.7. The number of carbonyl (C=O) groups is 1. The molecule has 0 unspecified atom stereocenters. The first-order valence-corrected chi connectivity index (χ1v) is 12.1. The zero-order chi connectivity index (χ0) is 25.3. The van der Waals surface area contributed by atoms with Gasteiger partial charge in [0.2, 0.25) is 0 Å². The van der Waals surface area contributed by atoms with E-state index in [-0.39, 0.29) is 40.7 Å². The van der Waals surface area contributed by atoms with Crippen molar-refractivity contribution in [1.29, 1.82) is 5.41 Å². The third-order valence-electron chi connectivity index (χ3n) is 6.80. The monoisotopic (exact) mass is 464 g/mol. The first-order chi connectivity index (χ1) is 15.8. The van der Waals surface area contributed by atoms with E-state index in [1.165, 1.54) is 0 Å². The van der Waals surface area contributed by atoms with Gasteiger partial charge in [0.25, 0.3) is 0 Å². The minimum atomic E-state index is -0.301. The number of aromatic hydroxyl groups is 1. The van der Waals surface area contributed by atoms with Gasteiger partial charge in [0.1, 0.15) is 11.6 Å². The number of likely N-dealkylation sites (tertiary alicyclic amines) is 1. The average molecular weight is 465 g/mol. The quantitative estimate of drug-likeness (QED) is 0.500. The Morgan fingerprint density at radius 1 is 1.06 bits per heavy atom. The Hall–Kier alpha value is -2.66. The smallest absolute Gasteiger partial charge is 0.182 e. The van der Waals surface area contributed by atoms with Crippen LogP contribution >= 0.6 is 0 Å². The van der Waals surface area contributed by atoms with Crippen molar-refractivity contribution in [3.8, 4) is 5.75 Å². The summed E-state index contributed by atoms with van der Waals surface area (Å²) in [4.78, 5) is 15.5. The van der Waals surface area contributed by atoms with Gasteiger partial charge in [0.15, 0.2) is 5.78 Å². The molecule has 184 valence electrons. The van der Waals surface area contributed by atoms with Gasteiger partial charge in [-0.3, -0.25) is 10.2 Å². The van der Waals surface area contributed by atoms with Crippen molar-refractivity contribution in [3.05, 3.63) is 64.7 Å². The molecular weight excluding hydrogens is 424 g/mol. The van der Waals surface area contributed by atoms with Gasteiger partial charge in [-0.25, -0.2) is 0 Å². The summed E-state index contributed by atoms with van der Waals surface area (Å²) in [6.07, 6.45) is 0.838. The number of amidine groups is 1. The zero-order valence-electron chi connectivity index (χ0n) is 21.7. The third kappa shape index (κ3) is 5.52. The van der Waals surface area contributed by atoms with Crippen LogP contribution in [0.15, 0.2) is 42.5 Å². The number of carbonyl (C=O) groups excluding carboxylic acids is 1. The number of benzene rings is 2. The van der Waals surface area contributed by atoms with E-state index in [0.29, 0.717) is 24.6 Å². The van der Waals surface area contributed by atoms with Gasteiger partial charge in [0.05, 0.1) is 6.54 Å². The van der Waals surface area contributed by atoms with Gasteiger partial charge in [-0.15, -0.1) is 0 Å². The number of hydrogen-bond donors (Lipinski definition) is 2. The number of phenols is 1. The van der Waals surface area contributed by atoms with Crippen LogP contribution in [0.5, 0.6) is 5.75 Å². The maximum Gasteiger partial charge on any atom is 0.182 e. The molecule has 2 atom stereocenters. The molecule has 0 spiro atoms. The number of rotatable bonds is 7. The lowest BCUT2D eigenvalue weighted by Crippen LogP contribution is -2.32. The van der Waals surface area contributed by atoms with Gasteiger partial charge in [0, 0.05) is 42.9 Å². The summed E-state index contributed by atoms with van der Waals surface area (Å²) in [7, 11) is 1.70. The van der Waals surface area contributed by atoms with E-state index in [1.54, 1.807) is 7.11 Å². The molecule has 0 aromatic heterocycles. The zero-order valence-corrected chi connectivity index (χ0v) is 21.7. The summed E-state index contributed by atoms with van der Waals surface area (Å²) in [5, 5.41) is 19.9. The predicted octanol–water partition coefficient (Wildman–Crippen LogP) is 5.90. The van der Waals surface area contributed by atoms with E-state index in [0.717, 1.165) is 23.1 Å². The second-order valence-corrected chi connectivity index (χ2v) is 11.5. The summed E-state index contributed by atoms with van der Waals surface area (Å²) in [5.41, 5.74) is 2.66. The van der Waals surface area contributed by atoms with E-state index in [2.05, 4.69) is 12.1 Å². The van der Waals surface area contributed by atoms with Crippen LogP contribution in [-0.2, 0) is 15.6 Å². The molecule has 0 bridgehead atoms. The van der Waals surface area contributed by atoms with Gasteiger partial charge in [-0.2, -0.15) is 0 Å². The molecule has 1 heterocycles. The number of ketones is 1. The van der Waals surface area contributed by atoms with Crippen molar-refractivity contribution in [2.45, 2.75) is 64.7 Å².